The van der Waals surface area contributed by atoms with Gasteiger partial charge in [-0.05, 0) is 31.4 Å². The molecule has 3 rings (SSSR count). The molecule has 1 aliphatic rings. The number of benzene rings is 1. The Balaban J connectivity index is 1.60. The van der Waals surface area contributed by atoms with E-state index in [0.717, 1.165) is 28.7 Å². The average molecular weight is 405 g/mol. The predicted molar refractivity (Wildman–Crippen MR) is 111 cm³/mol. The molecule has 0 saturated carbocycles. The molecule has 0 spiro atoms. The zero-order valence-corrected chi connectivity index (χ0v) is 17.3. The Morgan fingerprint density at radius 1 is 1.25 bits per heavy atom. The summed E-state index contributed by atoms with van der Waals surface area (Å²) in [6.45, 7) is 4.81. The molecule has 1 fully saturated rings. The molecule has 0 bridgehead atoms. The number of furan rings is 1. The third kappa shape index (κ3) is 4.64. The summed E-state index contributed by atoms with van der Waals surface area (Å²) in [5, 5.41) is 3.99. The first-order valence-corrected chi connectivity index (χ1v) is 11.5. The van der Waals surface area contributed by atoms with Gasteiger partial charge in [0.2, 0.25) is 15.9 Å². The second-order valence-corrected chi connectivity index (χ2v) is 9.21. The molecule has 2 heterocycles. The lowest BCUT2D eigenvalue weighted by atomic mass is 10.1. The van der Waals surface area contributed by atoms with Crippen molar-refractivity contribution in [3.05, 3.63) is 41.7 Å². The topological polar surface area (TPSA) is 79.6 Å². The van der Waals surface area contributed by atoms with Crippen LogP contribution in [0.3, 0.4) is 0 Å². The highest BCUT2D eigenvalue weighted by Gasteiger charge is 2.27. The molecule has 1 saturated heterocycles. The summed E-state index contributed by atoms with van der Waals surface area (Å²) in [6.07, 6.45) is 5.99. The highest BCUT2D eigenvalue weighted by molar-refractivity contribution is 7.89. The van der Waals surface area contributed by atoms with E-state index in [1.54, 1.807) is 10.4 Å². The van der Waals surface area contributed by atoms with Gasteiger partial charge in [0.15, 0.2) is 0 Å². The van der Waals surface area contributed by atoms with E-state index in [4.69, 9.17) is 4.42 Å². The minimum Gasteiger partial charge on any atom is -0.460 e. The summed E-state index contributed by atoms with van der Waals surface area (Å²) < 4.78 is 31.7. The molecule has 0 unspecified atom stereocenters. The predicted octanol–water partition coefficient (Wildman–Crippen LogP) is 3.33. The smallest absolute Gasteiger partial charge is 0.244 e. The highest BCUT2D eigenvalue weighted by Crippen LogP contribution is 2.27. The van der Waals surface area contributed by atoms with Crippen molar-refractivity contribution in [1.29, 1.82) is 0 Å². The van der Waals surface area contributed by atoms with Gasteiger partial charge in [0.05, 0.1) is 5.75 Å². The lowest BCUT2D eigenvalue weighted by Crippen LogP contribution is -2.46. The number of rotatable bonds is 7. The lowest BCUT2D eigenvalue weighted by molar-refractivity contribution is -0.117. The Bertz CT molecular complexity index is 954. The molecule has 6 nitrogen and oxygen atoms in total. The van der Waals surface area contributed by atoms with Gasteiger partial charge in [0.1, 0.15) is 11.3 Å². The van der Waals surface area contributed by atoms with Crippen molar-refractivity contribution < 1.29 is 17.6 Å². The number of carbonyl (C=O) groups excluding carboxylic acids is 1. The van der Waals surface area contributed by atoms with Crippen LogP contribution in [0.25, 0.3) is 17.0 Å². The van der Waals surface area contributed by atoms with Crippen LogP contribution < -0.4 is 5.32 Å². The third-order valence-electron chi connectivity index (χ3n) is 5.09. The van der Waals surface area contributed by atoms with Crippen molar-refractivity contribution in [3.63, 3.8) is 0 Å². The van der Waals surface area contributed by atoms with Crippen molar-refractivity contribution in [3.8, 4) is 0 Å². The van der Waals surface area contributed by atoms with Gasteiger partial charge in [-0.3, -0.25) is 4.79 Å². The van der Waals surface area contributed by atoms with Crippen molar-refractivity contribution in [1.82, 2.24) is 9.62 Å². The molecule has 152 valence electrons. The van der Waals surface area contributed by atoms with E-state index in [9.17, 15) is 13.2 Å². The fraction of sp³-hybridized carbons (Fsp3) is 0.476. The molecule has 1 aliphatic heterocycles. The Hall–Kier alpha value is -2.12. The van der Waals surface area contributed by atoms with Crippen LogP contribution in [0.15, 0.2) is 34.8 Å². The Morgan fingerprint density at radius 3 is 2.64 bits per heavy atom. The van der Waals surface area contributed by atoms with E-state index >= 15 is 0 Å². The SMILES string of the molecule is CCCS(=O)(=O)N1CCC(NC(=O)/C=C/c2c(CC)oc3ccccc23)CC1. The van der Waals surface area contributed by atoms with Crippen LogP contribution in [0, 0.1) is 0 Å². The fourth-order valence-electron chi connectivity index (χ4n) is 3.64. The fourth-order valence-corrected chi connectivity index (χ4v) is 5.18. The number of amides is 1. The van der Waals surface area contributed by atoms with Gasteiger partial charge in [0, 0.05) is 42.6 Å². The van der Waals surface area contributed by atoms with E-state index in [0.29, 0.717) is 32.4 Å². The number of nitrogens with zero attached hydrogens (tertiary/aromatic N) is 1. The van der Waals surface area contributed by atoms with Crippen molar-refractivity contribution in [2.75, 3.05) is 18.8 Å². The maximum atomic E-state index is 12.4. The molecule has 0 aliphatic carbocycles. The molecule has 1 aromatic carbocycles. The van der Waals surface area contributed by atoms with Crippen molar-refractivity contribution in [2.45, 2.75) is 45.6 Å². The zero-order valence-electron chi connectivity index (χ0n) is 16.5. The molecular formula is C21H28N2O4S. The summed E-state index contributed by atoms with van der Waals surface area (Å²) in [6, 6.07) is 7.79. The minimum absolute atomic E-state index is 0.00281. The number of carbonyl (C=O) groups is 1. The summed E-state index contributed by atoms with van der Waals surface area (Å²) in [4.78, 5) is 12.4. The van der Waals surface area contributed by atoms with E-state index in [1.165, 1.54) is 6.08 Å². The first-order chi connectivity index (χ1) is 13.4. The highest BCUT2D eigenvalue weighted by atomic mass is 32.2. The number of fused-ring (bicyclic) bond motifs is 1. The van der Waals surface area contributed by atoms with E-state index in [1.807, 2.05) is 38.1 Å². The lowest BCUT2D eigenvalue weighted by Gasteiger charge is -2.31. The van der Waals surface area contributed by atoms with E-state index in [-0.39, 0.29) is 17.7 Å². The first kappa shape index (κ1) is 20.6. The summed E-state index contributed by atoms with van der Waals surface area (Å²) in [5.74, 6) is 0.882. The molecular weight excluding hydrogens is 376 g/mol. The molecule has 1 amide bonds. The number of nitrogens with one attached hydrogen (secondary N) is 1. The Kier molecular flexibility index (Phi) is 6.57. The molecule has 1 N–H and O–H groups in total. The summed E-state index contributed by atoms with van der Waals surface area (Å²) in [5.41, 5.74) is 1.76. The normalized spacial score (nSPS) is 16.8. The van der Waals surface area contributed by atoms with Gasteiger partial charge in [-0.1, -0.05) is 32.0 Å². The average Bonchev–Trinajstić information content (AvgIpc) is 3.04. The van der Waals surface area contributed by atoms with E-state index < -0.39 is 10.0 Å². The summed E-state index contributed by atoms with van der Waals surface area (Å²) in [7, 11) is -3.16. The maximum Gasteiger partial charge on any atom is 0.244 e. The number of hydrogen-bond acceptors (Lipinski definition) is 4. The zero-order chi connectivity index (χ0) is 20.1. The monoisotopic (exact) mass is 404 g/mol. The molecule has 0 atom stereocenters. The number of aryl methyl sites for hydroxylation is 1. The number of piperidine rings is 1. The van der Waals surface area contributed by atoms with Crippen LogP contribution >= 0.6 is 0 Å². The second kappa shape index (κ2) is 8.92. The quantitative estimate of drug-likeness (QED) is 0.718. The standard InChI is InChI=1S/C21H28N2O4S/c1-3-15-28(25,26)23-13-11-16(12-14-23)22-21(24)10-9-18-17-7-5-6-8-20(17)27-19(18)4-2/h5-10,16H,3-4,11-15H2,1-2H3,(H,22,24)/b10-9+. The van der Waals surface area contributed by atoms with Gasteiger partial charge >= 0.3 is 0 Å². The summed E-state index contributed by atoms with van der Waals surface area (Å²) >= 11 is 0. The van der Waals surface area contributed by atoms with Gasteiger partial charge < -0.3 is 9.73 Å². The van der Waals surface area contributed by atoms with Crippen LogP contribution in [0.1, 0.15) is 44.4 Å². The van der Waals surface area contributed by atoms with Crippen LogP contribution in [0.2, 0.25) is 0 Å². The van der Waals surface area contributed by atoms with Crippen LogP contribution in [-0.2, 0) is 21.2 Å². The van der Waals surface area contributed by atoms with E-state index in [2.05, 4.69) is 5.32 Å². The molecule has 7 heteroatoms. The Labute approximate surface area is 166 Å². The van der Waals surface area contributed by atoms with Crippen LogP contribution in [-0.4, -0.2) is 43.5 Å². The van der Waals surface area contributed by atoms with Crippen molar-refractivity contribution in [2.24, 2.45) is 0 Å². The van der Waals surface area contributed by atoms with Gasteiger partial charge in [0.25, 0.3) is 0 Å². The second-order valence-electron chi connectivity index (χ2n) is 7.12. The largest absolute Gasteiger partial charge is 0.460 e. The molecule has 28 heavy (non-hydrogen) atoms. The van der Waals surface area contributed by atoms with Crippen LogP contribution in [0.4, 0.5) is 0 Å². The molecule has 2 aromatic rings. The number of para-hydroxylation sites is 1. The maximum absolute atomic E-state index is 12.4. The van der Waals surface area contributed by atoms with Crippen molar-refractivity contribution >= 4 is 33.0 Å². The minimum atomic E-state index is -3.16. The van der Waals surface area contributed by atoms with Gasteiger partial charge in [-0.15, -0.1) is 0 Å². The molecule has 1 aromatic heterocycles. The Morgan fingerprint density at radius 2 is 1.96 bits per heavy atom. The third-order valence-corrected chi connectivity index (χ3v) is 7.17. The van der Waals surface area contributed by atoms with Gasteiger partial charge in [-0.25, -0.2) is 12.7 Å². The number of sulfonamides is 1. The van der Waals surface area contributed by atoms with Crippen LogP contribution in [0.5, 0.6) is 0 Å². The van der Waals surface area contributed by atoms with Gasteiger partial charge in [-0.2, -0.15) is 0 Å². The molecule has 0 radical (unpaired) electrons. The number of hydrogen-bond donors (Lipinski definition) is 1. The first-order valence-electron chi connectivity index (χ1n) is 9.91.